The van der Waals surface area contributed by atoms with Crippen LogP contribution in [0.3, 0.4) is 0 Å². The van der Waals surface area contributed by atoms with Gasteiger partial charge < -0.3 is 9.64 Å². The Labute approximate surface area is 100 Å². The van der Waals surface area contributed by atoms with Crippen molar-refractivity contribution in [2.75, 3.05) is 20.1 Å². The summed E-state index contributed by atoms with van der Waals surface area (Å²) < 4.78 is 5.77. The summed E-state index contributed by atoms with van der Waals surface area (Å²) in [4.78, 5) is 12.5. The molecule has 1 saturated heterocycles. The van der Waals surface area contributed by atoms with E-state index in [9.17, 15) is 10.1 Å². The molecular formula is C12H16N2O3. The first-order valence-corrected chi connectivity index (χ1v) is 5.75. The molecule has 17 heavy (non-hydrogen) atoms. The smallest absolute Gasteiger partial charge is 0.273 e. The van der Waals surface area contributed by atoms with Gasteiger partial charge in [0.1, 0.15) is 11.9 Å². The molecule has 0 bridgehead atoms. The number of rotatable bonds is 3. The zero-order chi connectivity index (χ0) is 12.3. The van der Waals surface area contributed by atoms with Crippen LogP contribution in [0.1, 0.15) is 12.8 Å². The van der Waals surface area contributed by atoms with E-state index in [0.29, 0.717) is 5.75 Å². The first-order chi connectivity index (χ1) is 8.15. The molecule has 1 atom stereocenters. The summed E-state index contributed by atoms with van der Waals surface area (Å²) in [6.07, 6.45) is 2.25. The third kappa shape index (κ3) is 3.17. The molecule has 0 saturated carbocycles. The lowest BCUT2D eigenvalue weighted by atomic mass is 10.1. The van der Waals surface area contributed by atoms with Crippen molar-refractivity contribution >= 4 is 5.69 Å². The lowest BCUT2D eigenvalue weighted by Crippen LogP contribution is -2.38. The molecular weight excluding hydrogens is 220 g/mol. The van der Waals surface area contributed by atoms with E-state index in [1.807, 2.05) is 0 Å². The van der Waals surface area contributed by atoms with E-state index in [-0.39, 0.29) is 11.8 Å². The van der Waals surface area contributed by atoms with Crippen LogP contribution in [0, 0.1) is 10.1 Å². The topological polar surface area (TPSA) is 55.6 Å². The fourth-order valence-electron chi connectivity index (χ4n) is 2.08. The second kappa shape index (κ2) is 5.14. The van der Waals surface area contributed by atoms with Gasteiger partial charge in [-0.3, -0.25) is 10.1 Å². The largest absolute Gasteiger partial charge is 0.489 e. The van der Waals surface area contributed by atoms with E-state index in [1.165, 1.54) is 12.1 Å². The van der Waals surface area contributed by atoms with Crippen LogP contribution in [-0.2, 0) is 0 Å². The van der Waals surface area contributed by atoms with Gasteiger partial charge in [0.2, 0.25) is 0 Å². The minimum Gasteiger partial charge on any atom is -0.489 e. The van der Waals surface area contributed by atoms with Gasteiger partial charge in [0.25, 0.3) is 5.69 Å². The molecule has 1 aromatic rings. The molecule has 92 valence electrons. The number of hydrogen-bond donors (Lipinski definition) is 0. The molecule has 1 fully saturated rings. The summed E-state index contributed by atoms with van der Waals surface area (Å²) in [6, 6.07) is 6.37. The number of benzene rings is 1. The fourth-order valence-corrected chi connectivity index (χ4v) is 2.08. The van der Waals surface area contributed by atoms with Gasteiger partial charge in [0.15, 0.2) is 0 Å². The van der Waals surface area contributed by atoms with E-state index in [0.717, 1.165) is 25.9 Å². The van der Waals surface area contributed by atoms with Crippen LogP contribution in [0.2, 0.25) is 0 Å². The van der Waals surface area contributed by atoms with Crippen molar-refractivity contribution in [1.82, 2.24) is 4.90 Å². The zero-order valence-corrected chi connectivity index (χ0v) is 9.83. The molecule has 1 unspecified atom stereocenters. The van der Waals surface area contributed by atoms with Gasteiger partial charge in [0.05, 0.1) is 11.0 Å². The second-order valence-electron chi connectivity index (χ2n) is 4.40. The number of non-ortho nitro benzene ring substituents is 1. The number of nitrogens with zero attached hydrogens (tertiary/aromatic N) is 2. The monoisotopic (exact) mass is 236 g/mol. The molecule has 0 aromatic heterocycles. The Morgan fingerprint density at radius 1 is 1.53 bits per heavy atom. The van der Waals surface area contributed by atoms with Crippen molar-refractivity contribution in [3.8, 4) is 5.75 Å². The molecule has 0 aliphatic carbocycles. The van der Waals surface area contributed by atoms with Gasteiger partial charge in [-0.1, -0.05) is 6.07 Å². The van der Waals surface area contributed by atoms with Crippen LogP contribution in [0.5, 0.6) is 5.75 Å². The molecule has 1 aliphatic heterocycles. The quantitative estimate of drug-likeness (QED) is 0.595. The first-order valence-electron chi connectivity index (χ1n) is 5.75. The Bertz CT molecular complexity index is 408. The molecule has 1 aromatic carbocycles. The molecule has 2 rings (SSSR count). The molecule has 1 aliphatic rings. The first kappa shape index (κ1) is 11.9. The molecule has 0 radical (unpaired) electrons. The van der Waals surface area contributed by atoms with Crippen LogP contribution in [0.15, 0.2) is 24.3 Å². The van der Waals surface area contributed by atoms with Crippen molar-refractivity contribution < 1.29 is 9.66 Å². The summed E-state index contributed by atoms with van der Waals surface area (Å²) in [5.74, 6) is 0.583. The third-order valence-electron chi connectivity index (χ3n) is 2.91. The number of likely N-dealkylation sites (N-methyl/N-ethyl adjacent to an activating group) is 1. The van der Waals surface area contributed by atoms with Crippen molar-refractivity contribution in [2.24, 2.45) is 0 Å². The van der Waals surface area contributed by atoms with Crippen LogP contribution in [0.25, 0.3) is 0 Å². The maximum absolute atomic E-state index is 10.6. The van der Waals surface area contributed by atoms with Gasteiger partial charge in [-0.15, -0.1) is 0 Å². The highest BCUT2D eigenvalue weighted by molar-refractivity contribution is 5.38. The highest BCUT2D eigenvalue weighted by Crippen LogP contribution is 2.22. The number of nitro benzene ring substituents is 1. The molecule has 0 amide bonds. The number of hydrogen-bond acceptors (Lipinski definition) is 4. The lowest BCUT2D eigenvalue weighted by molar-refractivity contribution is -0.384. The van der Waals surface area contributed by atoms with Crippen LogP contribution < -0.4 is 4.74 Å². The van der Waals surface area contributed by atoms with E-state index in [4.69, 9.17) is 4.74 Å². The Kier molecular flexibility index (Phi) is 3.58. The maximum atomic E-state index is 10.6. The van der Waals surface area contributed by atoms with Crippen molar-refractivity contribution in [3.63, 3.8) is 0 Å². The van der Waals surface area contributed by atoms with Gasteiger partial charge in [-0.2, -0.15) is 0 Å². The molecule has 0 spiro atoms. The third-order valence-corrected chi connectivity index (χ3v) is 2.91. The maximum Gasteiger partial charge on any atom is 0.273 e. The average Bonchev–Trinajstić information content (AvgIpc) is 2.29. The summed E-state index contributed by atoms with van der Waals surface area (Å²) in [5.41, 5.74) is 0.0756. The van der Waals surface area contributed by atoms with E-state index < -0.39 is 4.92 Å². The SMILES string of the molecule is CN1CCCC(Oc2cccc([N+](=O)[O-])c2)C1. The van der Waals surface area contributed by atoms with Crippen LogP contribution >= 0.6 is 0 Å². The van der Waals surface area contributed by atoms with Crippen LogP contribution in [0.4, 0.5) is 5.69 Å². The number of nitro groups is 1. The molecule has 1 heterocycles. The highest BCUT2D eigenvalue weighted by atomic mass is 16.6. The second-order valence-corrected chi connectivity index (χ2v) is 4.40. The minimum absolute atomic E-state index is 0.0756. The van der Waals surface area contributed by atoms with Gasteiger partial charge in [-0.25, -0.2) is 0 Å². The predicted octanol–water partition coefficient (Wildman–Crippen LogP) is 2.07. The van der Waals surface area contributed by atoms with Crippen molar-refractivity contribution in [1.29, 1.82) is 0 Å². The summed E-state index contributed by atoms with van der Waals surface area (Å²) in [7, 11) is 2.06. The van der Waals surface area contributed by atoms with Crippen molar-refractivity contribution in [2.45, 2.75) is 18.9 Å². The van der Waals surface area contributed by atoms with E-state index >= 15 is 0 Å². The minimum atomic E-state index is -0.403. The van der Waals surface area contributed by atoms with E-state index in [2.05, 4.69) is 11.9 Å². The van der Waals surface area contributed by atoms with Gasteiger partial charge in [-0.05, 0) is 32.5 Å². The Morgan fingerprint density at radius 3 is 3.06 bits per heavy atom. The van der Waals surface area contributed by atoms with Gasteiger partial charge >= 0.3 is 0 Å². The van der Waals surface area contributed by atoms with E-state index in [1.54, 1.807) is 12.1 Å². The molecule has 5 nitrogen and oxygen atoms in total. The molecule has 0 N–H and O–H groups in total. The molecule has 5 heteroatoms. The Hall–Kier alpha value is -1.62. The number of likely N-dealkylation sites (tertiary alicyclic amines) is 1. The highest BCUT2D eigenvalue weighted by Gasteiger charge is 2.19. The number of ether oxygens (including phenoxy) is 1. The Balaban J connectivity index is 2.02. The average molecular weight is 236 g/mol. The van der Waals surface area contributed by atoms with Gasteiger partial charge in [0, 0.05) is 12.6 Å². The number of piperidine rings is 1. The normalized spacial score (nSPS) is 21.1. The summed E-state index contributed by atoms with van der Waals surface area (Å²) >= 11 is 0. The van der Waals surface area contributed by atoms with Crippen LogP contribution in [-0.4, -0.2) is 36.1 Å². The Morgan fingerprint density at radius 2 is 2.35 bits per heavy atom. The zero-order valence-electron chi connectivity index (χ0n) is 9.83. The van der Waals surface area contributed by atoms with Crippen molar-refractivity contribution in [3.05, 3.63) is 34.4 Å². The summed E-state index contributed by atoms with van der Waals surface area (Å²) in [5, 5.41) is 10.6. The summed E-state index contributed by atoms with van der Waals surface area (Å²) in [6.45, 7) is 1.97. The lowest BCUT2D eigenvalue weighted by Gasteiger charge is -2.29. The standard InChI is InChI=1S/C12H16N2O3/c1-13-7-3-6-12(9-13)17-11-5-2-4-10(8-11)14(15)16/h2,4-5,8,12H,3,6-7,9H2,1H3. The fraction of sp³-hybridized carbons (Fsp3) is 0.500. The predicted molar refractivity (Wildman–Crippen MR) is 64.2 cm³/mol.